The van der Waals surface area contributed by atoms with Gasteiger partial charge >= 0.3 is 5.97 Å². The number of aromatic carboxylic acids is 1. The van der Waals surface area contributed by atoms with Crippen molar-refractivity contribution in [1.82, 2.24) is 5.01 Å². The molecule has 23 heavy (non-hydrogen) atoms. The number of carboxylic acids is 1. The molecule has 0 saturated carbocycles. The quantitative estimate of drug-likeness (QED) is 0.881. The zero-order valence-electron chi connectivity index (χ0n) is 12.7. The van der Waals surface area contributed by atoms with Crippen LogP contribution in [0.25, 0.3) is 0 Å². The molecule has 0 radical (unpaired) electrons. The maximum atomic E-state index is 10.8. The van der Waals surface area contributed by atoms with E-state index in [1.54, 1.807) is 12.1 Å². The number of hydrogen-bond acceptors (Lipinski definition) is 4. The number of para-hydroxylation sites is 1. The van der Waals surface area contributed by atoms with E-state index in [2.05, 4.69) is 27.4 Å². The molecule has 0 atom stereocenters. The summed E-state index contributed by atoms with van der Waals surface area (Å²) in [5.74, 6) is -0.939. The van der Waals surface area contributed by atoms with E-state index in [0.29, 0.717) is 5.69 Å². The van der Waals surface area contributed by atoms with E-state index < -0.39 is 5.97 Å². The molecule has 2 aromatic carbocycles. The summed E-state index contributed by atoms with van der Waals surface area (Å²) in [5.41, 5.74) is 2.13. The van der Waals surface area contributed by atoms with Gasteiger partial charge in [0.15, 0.2) is 0 Å². The van der Waals surface area contributed by atoms with Gasteiger partial charge in [-0.25, -0.2) is 4.79 Å². The lowest BCUT2D eigenvalue weighted by Crippen LogP contribution is -2.43. The van der Waals surface area contributed by atoms with Gasteiger partial charge in [-0.05, 0) is 36.4 Å². The van der Waals surface area contributed by atoms with Crippen molar-refractivity contribution in [3.8, 4) is 0 Å². The minimum atomic E-state index is -0.939. The fourth-order valence-corrected chi connectivity index (χ4v) is 2.47. The monoisotopic (exact) mass is 310 g/mol. The van der Waals surface area contributed by atoms with E-state index in [1.165, 1.54) is 17.8 Å². The summed E-state index contributed by atoms with van der Waals surface area (Å²) in [6.45, 7) is 3.43. The van der Waals surface area contributed by atoms with Crippen LogP contribution in [0.15, 0.2) is 64.9 Å². The van der Waals surface area contributed by atoms with Crippen LogP contribution < -0.4 is 4.90 Å². The van der Waals surface area contributed by atoms with Crippen LogP contribution in [0.3, 0.4) is 0 Å². The number of nitrogens with zero attached hydrogens (tertiary/aromatic N) is 4. The van der Waals surface area contributed by atoms with Crippen LogP contribution in [0.5, 0.6) is 0 Å². The molecule has 118 valence electrons. The van der Waals surface area contributed by atoms with Crippen LogP contribution in [-0.4, -0.2) is 42.3 Å². The minimum Gasteiger partial charge on any atom is -0.478 e. The van der Waals surface area contributed by atoms with Crippen molar-refractivity contribution in [3.63, 3.8) is 0 Å². The second kappa shape index (κ2) is 6.91. The fourth-order valence-electron chi connectivity index (χ4n) is 2.47. The zero-order valence-corrected chi connectivity index (χ0v) is 12.7. The summed E-state index contributed by atoms with van der Waals surface area (Å²) in [7, 11) is 0. The summed E-state index contributed by atoms with van der Waals surface area (Å²) in [6.07, 6.45) is 0. The molecule has 0 amide bonds. The number of carbonyl (C=O) groups is 1. The van der Waals surface area contributed by atoms with Crippen LogP contribution in [0.2, 0.25) is 0 Å². The second-order valence-corrected chi connectivity index (χ2v) is 5.32. The van der Waals surface area contributed by atoms with Crippen LogP contribution in [-0.2, 0) is 0 Å². The number of benzene rings is 2. The molecule has 1 saturated heterocycles. The lowest BCUT2D eigenvalue weighted by Gasteiger charge is -2.33. The molecule has 6 heteroatoms. The van der Waals surface area contributed by atoms with Crippen molar-refractivity contribution in [1.29, 1.82) is 0 Å². The predicted octanol–water partition coefficient (Wildman–Crippen LogP) is 3.21. The standard InChI is InChI=1S/C17H18N4O2/c22-17(23)14-6-8-15(9-7-14)18-19-21-12-10-20(11-13-21)16-4-2-1-3-5-16/h1-9H,10-13H2,(H,22,23)/b19-18+. The van der Waals surface area contributed by atoms with Crippen molar-refractivity contribution in [2.24, 2.45) is 10.3 Å². The maximum absolute atomic E-state index is 10.8. The van der Waals surface area contributed by atoms with Gasteiger partial charge < -0.3 is 10.0 Å². The molecule has 1 heterocycles. The molecule has 0 bridgehead atoms. The van der Waals surface area contributed by atoms with Gasteiger partial charge in [0, 0.05) is 18.8 Å². The van der Waals surface area contributed by atoms with Crippen molar-refractivity contribution in [2.45, 2.75) is 0 Å². The van der Waals surface area contributed by atoms with Crippen LogP contribution >= 0.6 is 0 Å². The number of carboxylic acid groups (broad SMARTS) is 1. The third-order valence-electron chi connectivity index (χ3n) is 3.78. The van der Waals surface area contributed by atoms with E-state index in [9.17, 15) is 4.79 Å². The first-order valence-corrected chi connectivity index (χ1v) is 7.52. The van der Waals surface area contributed by atoms with E-state index >= 15 is 0 Å². The fraction of sp³-hybridized carbons (Fsp3) is 0.235. The largest absolute Gasteiger partial charge is 0.478 e. The Morgan fingerprint density at radius 2 is 1.57 bits per heavy atom. The van der Waals surface area contributed by atoms with E-state index in [4.69, 9.17) is 5.11 Å². The zero-order chi connectivity index (χ0) is 16.1. The number of piperazine rings is 1. The molecule has 1 N–H and O–H groups in total. The minimum absolute atomic E-state index is 0.250. The highest BCUT2D eigenvalue weighted by Crippen LogP contribution is 2.17. The Morgan fingerprint density at radius 3 is 2.17 bits per heavy atom. The smallest absolute Gasteiger partial charge is 0.335 e. The lowest BCUT2D eigenvalue weighted by molar-refractivity contribution is 0.0697. The summed E-state index contributed by atoms with van der Waals surface area (Å²) in [5, 5.41) is 19.2. The highest BCUT2D eigenvalue weighted by atomic mass is 16.4. The van der Waals surface area contributed by atoms with E-state index in [0.717, 1.165) is 26.2 Å². The van der Waals surface area contributed by atoms with Gasteiger partial charge in [0.2, 0.25) is 0 Å². The lowest BCUT2D eigenvalue weighted by atomic mass is 10.2. The third kappa shape index (κ3) is 3.85. The topological polar surface area (TPSA) is 68.5 Å². The first-order chi connectivity index (χ1) is 11.2. The van der Waals surface area contributed by atoms with E-state index in [1.807, 2.05) is 23.2 Å². The molecule has 1 fully saturated rings. The highest BCUT2D eigenvalue weighted by molar-refractivity contribution is 5.87. The van der Waals surface area contributed by atoms with Gasteiger partial charge in [-0.3, -0.25) is 5.01 Å². The first-order valence-electron chi connectivity index (χ1n) is 7.52. The van der Waals surface area contributed by atoms with Crippen LogP contribution in [0, 0.1) is 0 Å². The molecule has 0 aliphatic carbocycles. The highest BCUT2D eigenvalue weighted by Gasteiger charge is 2.15. The van der Waals surface area contributed by atoms with E-state index in [-0.39, 0.29) is 5.56 Å². The molecule has 0 aromatic heterocycles. The third-order valence-corrected chi connectivity index (χ3v) is 3.78. The normalized spacial score (nSPS) is 15.1. The molecule has 0 unspecified atom stereocenters. The van der Waals surface area contributed by atoms with Gasteiger partial charge in [0.05, 0.1) is 24.3 Å². The van der Waals surface area contributed by atoms with Gasteiger partial charge in [0.25, 0.3) is 0 Å². The average molecular weight is 310 g/mol. The van der Waals surface area contributed by atoms with Crippen LogP contribution in [0.1, 0.15) is 10.4 Å². The Kier molecular flexibility index (Phi) is 4.52. The van der Waals surface area contributed by atoms with Crippen molar-refractivity contribution < 1.29 is 9.90 Å². The predicted molar refractivity (Wildman–Crippen MR) is 88.1 cm³/mol. The molecular formula is C17H18N4O2. The molecule has 6 nitrogen and oxygen atoms in total. The molecule has 1 aliphatic rings. The molecular weight excluding hydrogens is 292 g/mol. The number of anilines is 1. The van der Waals surface area contributed by atoms with Gasteiger partial charge in [-0.15, -0.1) is 5.11 Å². The number of hydrogen-bond donors (Lipinski definition) is 1. The van der Waals surface area contributed by atoms with Gasteiger partial charge in [0.1, 0.15) is 0 Å². The molecule has 3 rings (SSSR count). The van der Waals surface area contributed by atoms with Crippen molar-refractivity contribution >= 4 is 17.3 Å². The number of rotatable bonds is 4. The maximum Gasteiger partial charge on any atom is 0.335 e. The molecule has 0 spiro atoms. The summed E-state index contributed by atoms with van der Waals surface area (Å²) >= 11 is 0. The Bertz CT molecular complexity index is 677. The van der Waals surface area contributed by atoms with Gasteiger partial charge in [-0.2, -0.15) is 0 Å². The Balaban J connectivity index is 1.55. The summed E-state index contributed by atoms with van der Waals surface area (Å²) in [6, 6.07) is 16.7. The summed E-state index contributed by atoms with van der Waals surface area (Å²) < 4.78 is 0. The second-order valence-electron chi connectivity index (χ2n) is 5.32. The van der Waals surface area contributed by atoms with Crippen LogP contribution in [0.4, 0.5) is 11.4 Å². The SMILES string of the molecule is O=C(O)c1ccc(/N=N/N2CCN(c3ccccc3)CC2)cc1. The Hall–Kier alpha value is -2.89. The van der Waals surface area contributed by atoms with Crippen molar-refractivity contribution in [2.75, 3.05) is 31.1 Å². The Labute approximate surface area is 134 Å². The first kappa shape index (κ1) is 15.0. The molecule has 2 aromatic rings. The Morgan fingerprint density at radius 1 is 0.913 bits per heavy atom. The summed E-state index contributed by atoms with van der Waals surface area (Å²) in [4.78, 5) is 13.1. The van der Waals surface area contributed by atoms with Crippen molar-refractivity contribution in [3.05, 3.63) is 60.2 Å². The molecule has 1 aliphatic heterocycles. The van der Waals surface area contributed by atoms with Gasteiger partial charge in [-0.1, -0.05) is 23.4 Å². The average Bonchev–Trinajstić information content (AvgIpc) is 2.61.